The summed E-state index contributed by atoms with van der Waals surface area (Å²) >= 11 is 6.13. The molecule has 0 spiro atoms. The van der Waals surface area contributed by atoms with Gasteiger partial charge < -0.3 is 15.0 Å². The van der Waals surface area contributed by atoms with Gasteiger partial charge in [-0.05, 0) is 19.1 Å². The fourth-order valence-corrected chi connectivity index (χ4v) is 2.68. The molecule has 3 aromatic rings. The van der Waals surface area contributed by atoms with Gasteiger partial charge in [0.05, 0.1) is 6.54 Å². The van der Waals surface area contributed by atoms with Crippen LogP contribution in [0.1, 0.15) is 16.8 Å². The molecule has 0 atom stereocenters. The number of nitrogens with zero attached hydrogens (tertiary/aromatic N) is 3. The number of ether oxygens (including phenoxy) is 1. The Hall–Kier alpha value is -3.00. The van der Waals surface area contributed by atoms with Crippen LogP contribution in [0.5, 0.6) is 5.75 Å². The van der Waals surface area contributed by atoms with Crippen molar-refractivity contribution in [3.8, 4) is 5.75 Å². The average Bonchev–Trinajstić information content (AvgIpc) is 2.63. The lowest BCUT2D eigenvalue weighted by molar-refractivity contribution is 0.298. The van der Waals surface area contributed by atoms with Gasteiger partial charge in [0.15, 0.2) is 0 Å². The van der Waals surface area contributed by atoms with Crippen LogP contribution in [0.3, 0.4) is 0 Å². The fourth-order valence-electron chi connectivity index (χ4n) is 2.47. The van der Waals surface area contributed by atoms with E-state index < -0.39 is 17.2 Å². The van der Waals surface area contributed by atoms with E-state index in [1.807, 2.05) is 0 Å². The van der Waals surface area contributed by atoms with E-state index in [0.29, 0.717) is 11.3 Å². The first-order valence-electron chi connectivity index (χ1n) is 7.88. The molecule has 6 nitrogen and oxygen atoms in total. The summed E-state index contributed by atoms with van der Waals surface area (Å²) in [4.78, 5) is 20.4. The number of aromatic nitrogens is 3. The highest BCUT2D eigenvalue weighted by Crippen LogP contribution is 2.24. The van der Waals surface area contributed by atoms with E-state index in [4.69, 9.17) is 22.1 Å². The minimum Gasteiger partial charge on any atom is -0.487 e. The van der Waals surface area contributed by atoms with Gasteiger partial charge in [0.2, 0.25) is 0 Å². The maximum Gasteiger partial charge on any atom is 0.273 e. The van der Waals surface area contributed by atoms with E-state index in [9.17, 15) is 13.6 Å². The molecule has 0 aliphatic carbocycles. The summed E-state index contributed by atoms with van der Waals surface area (Å²) in [7, 11) is 0. The maximum absolute atomic E-state index is 13.7. The molecule has 0 fully saturated rings. The van der Waals surface area contributed by atoms with Crippen LogP contribution in [0.2, 0.25) is 5.02 Å². The molecule has 140 valence electrons. The lowest BCUT2D eigenvalue weighted by atomic mass is 10.2. The summed E-state index contributed by atoms with van der Waals surface area (Å²) in [5.74, 6) is -1.05. The van der Waals surface area contributed by atoms with E-state index in [0.717, 1.165) is 12.1 Å². The second-order valence-electron chi connectivity index (χ2n) is 5.81. The van der Waals surface area contributed by atoms with Crippen LogP contribution in [-0.2, 0) is 13.2 Å². The van der Waals surface area contributed by atoms with Crippen molar-refractivity contribution < 1.29 is 13.5 Å². The van der Waals surface area contributed by atoms with E-state index >= 15 is 0 Å². The summed E-state index contributed by atoms with van der Waals surface area (Å²) in [5, 5.41) is -0.154. The summed E-state index contributed by atoms with van der Waals surface area (Å²) in [5.41, 5.74) is 6.57. The van der Waals surface area contributed by atoms with Gasteiger partial charge in [-0.1, -0.05) is 11.6 Å². The van der Waals surface area contributed by atoms with E-state index in [2.05, 4.69) is 9.97 Å². The van der Waals surface area contributed by atoms with Crippen molar-refractivity contribution in [3.63, 3.8) is 0 Å². The number of rotatable bonds is 5. The van der Waals surface area contributed by atoms with Crippen LogP contribution in [-0.4, -0.2) is 14.5 Å². The lowest BCUT2D eigenvalue weighted by Crippen LogP contribution is -2.24. The van der Waals surface area contributed by atoms with Crippen molar-refractivity contribution in [2.75, 3.05) is 5.73 Å². The van der Waals surface area contributed by atoms with Crippen LogP contribution >= 0.6 is 11.6 Å². The molecule has 9 heteroatoms. The third kappa shape index (κ3) is 4.06. The van der Waals surface area contributed by atoms with Crippen molar-refractivity contribution >= 4 is 17.4 Å². The smallest absolute Gasteiger partial charge is 0.273 e. The zero-order valence-electron chi connectivity index (χ0n) is 14.2. The van der Waals surface area contributed by atoms with Crippen LogP contribution in [0, 0.1) is 18.6 Å². The molecule has 0 unspecified atom stereocenters. The molecule has 0 saturated heterocycles. The van der Waals surface area contributed by atoms with Crippen molar-refractivity contribution in [2.24, 2.45) is 0 Å². The standard InChI is InChI=1S/C18H15ClF2N4O2/c1-10-4-15(27-8-11-2-3-13(20)5-14(11)21)16(19)18(26)25(10)7-12-6-23-9-24-17(12)22/h2-6,9H,7-8H2,1H3,(H2,22,23,24). The summed E-state index contributed by atoms with van der Waals surface area (Å²) in [6.45, 7) is 1.64. The zero-order chi connectivity index (χ0) is 19.6. The normalized spacial score (nSPS) is 10.8. The van der Waals surface area contributed by atoms with Gasteiger partial charge in [-0.15, -0.1) is 0 Å². The molecular formula is C18H15ClF2N4O2. The van der Waals surface area contributed by atoms with Crippen molar-refractivity contribution in [2.45, 2.75) is 20.1 Å². The molecule has 27 heavy (non-hydrogen) atoms. The Balaban J connectivity index is 1.86. The predicted molar refractivity (Wildman–Crippen MR) is 96.7 cm³/mol. The monoisotopic (exact) mass is 392 g/mol. The highest BCUT2D eigenvalue weighted by molar-refractivity contribution is 6.31. The molecule has 2 aromatic heterocycles. The van der Waals surface area contributed by atoms with Gasteiger partial charge in [0, 0.05) is 35.2 Å². The Morgan fingerprint density at radius 1 is 1.26 bits per heavy atom. The number of hydrogen-bond donors (Lipinski definition) is 1. The minimum absolute atomic E-state index is 0.108. The first kappa shape index (κ1) is 18.8. The summed E-state index contributed by atoms with van der Waals surface area (Å²) in [6, 6.07) is 4.71. The fraction of sp³-hybridized carbons (Fsp3) is 0.167. The molecule has 0 saturated carbocycles. The van der Waals surface area contributed by atoms with Crippen molar-refractivity contribution in [1.29, 1.82) is 0 Å². The number of halogens is 3. The molecular weight excluding hydrogens is 378 g/mol. The third-order valence-electron chi connectivity index (χ3n) is 3.96. The largest absolute Gasteiger partial charge is 0.487 e. The minimum atomic E-state index is -0.740. The highest BCUT2D eigenvalue weighted by atomic mass is 35.5. The summed E-state index contributed by atoms with van der Waals surface area (Å²) < 4.78 is 33.6. The SMILES string of the molecule is Cc1cc(OCc2ccc(F)cc2F)c(Cl)c(=O)n1Cc1cncnc1N. The quantitative estimate of drug-likeness (QED) is 0.721. The number of nitrogens with two attached hydrogens (primary N) is 1. The maximum atomic E-state index is 13.7. The molecule has 3 rings (SSSR count). The first-order valence-corrected chi connectivity index (χ1v) is 8.25. The Bertz CT molecular complexity index is 1060. The van der Waals surface area contributed by atoms with Crippen molar-refractivity contribution in [1.82, 2.24) is 14.5 Å². The first-order chi connectivity index (χ1) is 12.9. The zero-order valence-corrected chi connectivity index (χ0v) is 15.0. The van der Waals surface area contributed by atoms with Crippen LogP contribution in [0.4, 0.5) is 14.6 Å². The van der Waals surface area contributed by atoms with Gasteiger partial charge >= 0.3 is 0 Å². The number of aryl methyl sites for hydroxylation is 1. The lowest BCUT2D eigenvalue weighted by Gasteiger charge is -2.15. The molecule has 1 aromatic carbocycles. The van der Waals surface area contributed by atoms with Gasteiger partial charge in [-0.2, -0.15) is 0 Å². The average molecular weight is 393 g/mol. The molecule has 2 N–H and O–H groups in total. The number of benzene rings is 1. The van der Waals surface area contributed by atoms with Gasteiger partial charge in [-0.25, -0.2) is 18.7 Å². The second kappa shape index (κ2) is 7.71. The van der Waals surface area contributed by atoms with Crippen LogP contribution in [0.15, 0.2) is 41.6 Å². The molecule has 0 bridgehead atoms. The Morgan fingerprint density at radius 3 is 2.74 bits per heavy atom. The Kier molecular flexibility index (Phi) is 5.36. The van der Waals surface area contributed by atoms with Gasteiger partial charge in [0.1, 0.15) is 41.2 Å². The highest BCUT2D eigenvalue weighted by Gasteiger charge is 2.15. The molecule has 0 amide bonds. The van der Waals surface area contributed by atoms with Gasteiger partial charge in [-0.3, -0.25) is 4.79 Å². The molecule has 0 aliphatic rings. The molecule has 0 aliphatic heterocycles. The van der Waals surface area contributed by atoms with Crippen LogP contribution < -0.4 is 16.0 Å². The number of nitrogen functional groups attached to an aromatic ring is 1. The van der Waals surface area contributed by atoms with E-state index in [1.165, 1.54) is 23.2 Å². The summed E-state index contributed by atoms with van der Waals surface area (Å²) in [6.07, 6.45) is 2.83. The van der Waals surface area contributed by atoms with Gasteiger partial charge in [0.25, 0.3) is 5.56 Å². The Labute approximate surface area is 158 Å². The second-order valence-corrected chi connectivity index (χ2v) is 6.19. The number of anilines is 1. The van der Waals surface area contributed by atoms with E-state index in [-0.39, 0.29) is 35.3 Å². The topological polar surface area (TPSA) is 83.0 Å². The molecule has 0 radical (unpaired) electrons. The van der Waals surface area contributed by atoms with E-state index in [1.54, 1.807) is 13.0 Å². The van der Waals surface area contributed by atoms with Crippen LogP contribution in [0.25, 0.3) is 0 Å². The number of pyridine rings is 1. The molecule has 2 heterocycles. The predicted octanol–water partition coefficient (Wildman–Crippen LogP) is 3.09. The third-order valence-corrected chi connectivity index (χ3v) is 4.31. The van der Waals surface area contributed by atoms with Crippen molar-refractivity contribution in [3.05, 3.63) is 80.6 Å². The Morgan fingerprint density at radius 2 is 2.04 bits per heavy atom. The number of hydrogen-bond acceptors (Lipinski definition) is 5.